The number of phenolic OH excluding ortho intramolecular Hbond substituents is 1. The Hall–Kier alpha value is -3.23. The molecular weight excluding hydrogens is 497 g/mol. The molecule has 0 aliphatic carbocycles. The van der Waals surface area contributed by atoms with Crippen LogP contribution in [-0.2, 0) is 10.9 Å². The van der Waals surface area contributed by atoms with Crippen molar-refractivity contribution in [2.24, 2.45) is 4.99 Å². The highest BCUT2D eigenvalue weighted by molar-refractivity contribution is 7.81. The third kappa shape index (κ3) is 5.39. The summed E-state index contributed by atoms with van der Waals surface area (Å²) in [6.45, 7) is 16.1. The summed E-state index contributed by atoms with van der Waals surface area (Å²) in [4.78, 5) is 10.6. The van der Waals surface area contributed by atoms with E-state index in [1.165, 1.54) is 23.1 Å². The van der Waals surface area contributed by atoms with Gasteiger partial charge >= 0.3 is 6.18 Å². The van der Waals surface area contributed by atoms with Crippen LogP contribution in [0.3, 0.4) is 0 Å². The van der Waals surface area contributed by atoms with Gasteiger partial charge in [-0.05, 0) is 95.5 Å². The van der Waals surface area contributed by atoms with Crippen molar-refractivity contribution >= 4 is 57.6 Å². The Kier molecular flexibility index (Phi) is 6.85. The lowest BCUT2D eigenvalue weighted by Gasteiger charge is -2.31. The second-order valence-electron chi connectivity index (χ2n) is 9.26. The zero-order chi connectivity index (χ0) is 26.3. The molecule has 0 radical (unpaired) electrons. The van der Waals surface area contributed by atoms with E-state index < -0.39 is 28.6 Å². The van der Waals surface area contributed by atoms with Crippen LogP contribution in [0.1, 0.15) is 40.2 Å². The summed E-state index contributed by atoms with van der Waals surface area (Å²) < 4.78 is 46.9. The molecule has 1 fully saturated rings. The highest BCUT2D eigenvalue weighted by Crippen LogP contribution is 2.42. The molecule has 184 valence electrons. The van der Waals surface area contributed by atoms with E-state index in [1.807, 2.05) is 0 Å². The Morgan fingerprint density at radius 3 is 2.17 bits per heavy atom. The molecule has 0 saturated carbocycles. The van der Waals surface area contributed by atoms with Gasteiger partial charge in [-0.15, -0.1) is 0 Å². The van der Waals surface area contributed by atoms with Crippen LogP contribution in [0.15, 0.2) is 47.5 Å². The minimum atomic E-state index is -4.74. The Morgan fingerprint density at radius 2 is 1.66 bits per heavy atom. The summed E-state index contributed by atoms with van der Waals surface area (Å²) in [5.74, 6) is 0.292. The van der Waals surface area contributed by atoms with Gasteiger partial charge in [0.2, 0.25) is 0 Å². The van der Waals surface area contributed by atoms with Crippen LogP contribution < -0.4 is 9.80 Å². The molecule has 0 bridgehead atoms. The summed E-state index contributed by atoms with van der Waals surface area (Å²) >= 11 is 11.1. The molecule has 1 N–H and O–H groups in total. The van der Waals surface area contributed by atoms with Crippen molar-refractivity contribution in [1.29, 1.82) is 0 Å². The first-order valence-corrected chi connectivity index (χ1v) is 11.2. The van der Waals surface area contributed by atoms with Crippen molar-refractivity contribution in [3.05, 3.63) is 59.4 Å². The molecule has 1 heterocycles. The molecule has 6 nitrogen and oxygen atoms in total. The minimum Gasteiger partial charge on any atom is -0.508 e. The predicted molar refractivity (Wildman–Crippen MR) is 138 cm³/mol. The molecule has 1 aliphatic rings. The van der Waals surface area contributed by atoms with E-state index >= 15 is 0 Å². The number of aliphatic imine (C=N–C) groups is 1. The van der Waals surface area contributed by atoms with Gasteiger partial charge in [-0.1, -0.05) is 6.07 Å². The largest absolute Gasteiger partial charge is 0.508 e. The zero-order valence-corrected chi connectivity index (χ0v) is 21.3. The summed E-state index contributed by atoms with van der Waals surface area (Å²) in [6, 6.07) is 9.59. The van der Waals surface area contributed by atoms with E-state index in [0.29, 0.717) is 5.69 Å². The van der Waals surface area contributed by atoms with Crippen molar-refractivity contribution in [3.8, 4) is 5.75 Å². The molecular formula is C24H23F3N4O2S2. The lowest BCUT2D eigenvalue weighted by Crippen LogP contribution is -2.45. The molecule has 35 heavy (non-hydrogen) atoms. The van der Waals surface area contributed by atoms with Gasteiger partial charge in [0.15, 0.2) is 10.8 Å². The van der Waals surface area contributed by atoms with Crippen LogP contribution >= 0.6 is 24.4 Å². The molecule has 2 aromatic carbocycles. The lowest BCUT2D eigenvalue weighted by atomic mass is 10.0. The molecule has 0 aromatic heterocycles. The third-order valence-electron chi connectivity index (χ3n) is 5.06. The number of benzene rings is 2. The standard InChI is InChI=1S/C24H23F3N4O2S2/c1-22(2,3)33-20(34)29-19-23(4,5)31(14-7-10-16(32)11-8-14)21(35)30(19)15-9-12-18(28-6)17(13-15)24(25,26)27/h7-13,32H,1-5H3/b29-19+. The molecule has 11 heteroatoms. The quantitative estimate of drug-likeness (QED) is 0.345. The Bertz CT molecular complexity index is 1240. The predicted octanol–water partition coefficient (Wildman–Crippen LogP) is 6.85. The molecule has 2 aromatic rings. The number of ether oxygens (including phenoxy) is 1. The van der Waals surface area contributed by atoms with E-state index in [4.69, 9.17) is 35.7 Å². The average molecular weight is 521 g/mol. The SMILES string of the molecule is [C-]#[N+]c1ccc(N2C(=S)N(c3ccc(O)cc3)C(C)(C)/C2=N\C(=S)OC(C)(C)C)cc1C(F)(F)F. The number of aromatic hydroxyl groups is 1. The van der Waals surface area contributed by atoms with Crippen LogP contribution in [0.25, 0.3) is 4.85 Å². The highest BCUT2D eigenvalue weighted by Gasteiger charge is 2.49. The number of nitrogens with zero attached hydrogens (tertiary/aromatic N) is 4. The van der Waals surface area contributed by atoms with Crippen LogP contribution in [-0.4, -0.2) is 32.4 Å². The van der Waals surface area contributed by atoms with Crippen molar-refractivity contribution in [2.45, 2.75) is 51.9 Å². The van der Waals surface area contributed by atoms with Crippen molar-refractivity contribution in [1.82, 2.24) is 0 Å². The second-order valence-corrected chi connectivity index (χ2v) is 9.97. The topological polar surface area (TPSA) is 52.7 Å². The minimum absolute atomic E-state index is 0.0479. The van der Waals surface area contributed by atoms with Crippen LogP contribution in [0.4, 0.5) is 30.2 Å². The van der Waals surface area contributed by atoms with Crippen molar-refractivity contribution < 1.29 is 23.0 Å². The Labute approximate surface area is 212 Å². The third-order valence-corrected chi connectivity index (χ3v) is 5.60. The van der Waals surface area contributed by atoms with Crippen LogP contribution in [0, 0.1) is 6.57 Å². The Morgan fingerprint density at radius 1 is 1.09 bits per heavy atom. The number of hydrogen-bond acceptors (Lipinski definition) is 4. The number of anilines is 2. The molecule has 1 saturated heterocycles. The molecule has 0 atom stereocenters. The summed E-state index contributed by atoms with van der Waals surface area (Å²) in [5, 5.41) is 9.75. The summed E-state index contributed by atoms with van der Waals surface area (Å²) in [5.41, 5.74) is -2.57. The van der Waals surface area contributed by atoms with E-state index in [9.17, 15) is 18.3 Å². The van der Waals surface area contributed by atoms with Gasteiger partial charge in [-0.3, -0.25) is 4.90 Å². The van der Waals surface area contributed by atoms with E-state index in [-0.39, 0.29) is 27.6 Å². The van der Waals surface area contributed by atoms with Gasteiger partial charge in [-0.2, -0.15) is 18.2 Å². The van der Waals surface area contributed by atoms with Gasteiger partial charge in [-0.25, -0.2) is 4.85 Å². The van der Waals surface area contributed by atoms with Crippen molar-refractivity contribution in [3.63, 3.8) is 0 Å². The highest BCUT2D eigenvalue weighted by atomic mass is 32.1. The second kappa shape index (κ2) is 9.09. The van der Waals surface area contributed by atoms with Gasteiger partial charge < -0.3 is 14.7 Å². The fourth-order valence-corrected chi connectivity index (χ4v) is 4.48. The normalized spacial score (nSPS) is 17.0. The molecule has 0 amide bonds. The fraction of sp³-hybridized carbons (Fsp3) is 0.333. The first-order valence-electron chi connectivity index (χ1n) is 10.4. The number of rotatable bonds is 2. The maximum Gasteiger partial charge on any atom is 0.407 e. The van der Waals surface area contributed by atoms with Gasteiger partial charge in [0, 0.05) is 11.4 Å². The number of hydrogen-bond donors (Lipinski definition) is 1. The molecule has 3 rings (SSSR count). The van der Waals surface area contributed by atoms with Crippen LogP contribution in [0.5, 0.6) is 5.75 Å². The van der Waals surface area contributed by atoms with Crippen LogP contribution in [0.2, 0.25) is 0 Å². The molecule has 0 unspecified atom stereocenters. The van der Waals surface area contributed by atoms with Gasteiger partial charge in [0.1, 0.15) is 22.7 Å². The zero-order valence-electron chi connectivity index (χ0n) is 19.6. The smallest absolute Gasteiger partial charge is 0.407 e. The lowest BCUT2D eigenvalue weighted by molar-refractivity contribution is -0.136. The van der Waals surface area contributed by atoms with E-state index in [1.54, 1.807) is 51.7 Å². The molecule has 0 spiro atoms. The average Bonchev–Trinajstić information content (AvgIpc) is 2.91. The van der Waals surface area contributed by atoms with Gasteiger partial charge in [0.25, 0.3) is 5.17 Å². The number of phenols is 1. The van der Waals surface area contributed by atoms with E-state index in [0.717, 1.165) is 12.1 Å². The summed E-state index contributed by atoms with van der Waals surface area (Å²) in [7, 11) is 0. The number of thiocarbonyl (C=S) groups is 2. The Balaban J connectivity index is 2.24. The number of amidine groups is 1. The van der Waals surface area contributed by atoms with Gasteiger partial charge in [0.05, 0.1) is 12.1 Å². The maximum absolute atomic E-state index is 13.7. The summed E-state index contributed by atoms with van der Waals surface area (Å²) in [6.07, 6.45) is -4.74. The first-order chi connectivity index (χ1) is 16.1. The molecule has 1 aliphatic heterocycles. The fourth-order valence-electron chi connectivity index (χ4n) is 3.62. The van der Waals surface area contributed by atoms with E-state index in [2.05, 4.69) is 9.84 Å². The monoisotopic (exact) mass is 520 g/mol. The van der Waals surface area contributed by atoms with Crippen molar-refractivity contribution in [2.75, 3.05) is 9.80 Å². The first kappa shape index (κ1) is 26.4. The number of alkyl halides is 3. The number of halogens is 3. The maximum atomic E-state index is 13.7.